The molecular weight excluding hydrogens is 312 g/mol. The molecule has 0 aliphatic rings. The van der Waals surface area contributed by atoms with Crippen LogP contribution in [0.5, 0.6) is 5.75 Å². The first-order valence-corrected chi connectivity index (χ1v) is 7.94. The van der Waals surface area contributed by atoms with Gasteiger partial charge in [-0.2, -0.15) is 4.31 Å². The summed E-state index contributed by atoms with van der Waals surface area (Å²) < 4.78 is 56.9. The van der Waals surface area contributed by atoms with E-state index in [-0.39, 0.29) is 23.8 Å². The summed E-state index contributed by atoms with van der Waals surface area (Å²) in [7, 11) is -2.35. The van der Waals surface area contributed by atoms with Gasteiger partial charge in [-0.15, -0.1) is 0 Å². The highest BCUT2D eigenvalue weighted by atomic mass is 32.2. The highest BCUT2D eigenvalue weighted by molar-refractivity contribution is 7.89. The van der Waals surface area contributed by atoms with Gasteiger partial charge in [-0.25, -0.2) is 17.2 Å². The van der Waals surface area contributed by atoms with Crippen molar-refractivity contribution in [2.24, 2.45) is 0 Å². The Balaban J connectivity index is 1.98. The zero-order valence-corrected chi connectivity index (χ0v) is 12.7. The van der Waals surface area contributed by atoms with Gasteiger partial charge in [-0.1, -0.05) is 12.1 Å². The number of likely N-dealkylation sites (N-methyl/N-ethyl adjacent to an activating group) is 1. The summed E-state index contributed by atoms with van der Waals surface area (Å²) in [6, 6.07) is 10.4. The Hall–Kier alpha value is -1.99. The summed E-state index contributed by atoms with van der Waals surface area (Å²) in [6.45, 7) is 0.0336. The van der Waals surface area contributed by atoms with Crippen LogP contribution in [0.1, 0.15) is 0 Å². The van der Waals surface area contributed by atoms with E-state index in [0.717, 1.165) is 16.4 Å². The molecule has 0 aromatic heterocycles. The summed E-state index contributed by atoms with van der Waals surface area (Å²) in [5, 5.41) is 0. The lowest BCUT2D eigenvalue weighted by atomic mass is 10.3. The normalized spacial score (nSPS) is 11.6. The van der Waals surface area contributed by atoms with Gasteiger partial charge in [-0.05, 0) is 36.4 Å². The van der Waals surface area contributed by atoms with E-state index in [1.54, 1.807) is 6.07 Å². The van der Waals surface area contributed by atoms with Crippen LogP contribution in [0, 0.1) is 11.6 Å². The molecule has 0 saturated heterocycles. The zero-order valence-electron chi connectivity index (χ0n) is 11.9. The van der Waals surface area contributed by atoms with Crippen molar-refractivity contribution in [3.63, 3.8) is 0 Å². The molecule has 0 amide bonds. The largest absolute Gasteiger partial charge is 0.489 e. The van der Waals surface area contributed by atoms with Gasteiger partial charge >= 0.3 is 0 Å². The summed E-state index contributed by atoms with van der Waals surface area (Å²) in [4.78, 5) is -0.0118. The maximum atomic E-state index is 13.4. The van der Waals surface area contributed by atoms with E-state index >= 15 is 0 Å². The second kappa shape index (κ2) is 6.85. The molecule has 0 saturated carbocycles. The van der Waals surface area contributed by atoms with Crippen molar-refractivity contribution >= 4 is 10.0 Å². The Kier molecular flexibility index (Phi) is 5.10. The molecule has 118 valence electrons. The minimum absolute atomic E-state index is 0.00212. The summed E-state index contributed by atoms with van der Waals surface area (Å²) in [5.74, 6) is -0.953. The first-order valence-electron chi connectivity index (χ1n) is 6.50. The van der Waals surface area contributed by atoms with Crippen molar-refractivity contribution in [2.75, 3.05) is 20.2 Å². The molecule has 0 spiro atoms. The molecule has 0 aliphatic carbocycles. The van der Waals surface area contributed by atoms with Crippen LogP contribution in [0.4, 0.5) is 8.78 Å². The predicted octanol–water partition coefficient (Wildman–Crippen LogP) is 2.66. The third-order valence-corrected chi connectivity index (χ3v) is 4.89. The van der Waals surface area contributed by atoms with Gasteiger partial charge in [0.05, 0.1) is 4.90 Å². The minimum atomic E-state index is -3.73. The topological polar surface area (TPSA) is 46.6 Å². The second-order valence-corrected chi connectivity index (χ2v) is 6.60. The molecule has 7 heteroatoms. The fraction of sp³-hybridized carbons (Fsp3) is 0.200. The van der Waals surface area contributed by atoms with Crippen LogP contribution in [0.3, 0.4) is 0 Å². The lowest BCUT2D eigenvalue weighted by Gasteiger charge is -2.17. The van der Waals surface area contributed by atoms with Crippen LogP contribution >= 0.6 is 0 Å². The van der Waals surface area contributed by atoms with Crippen molar-refractivity contribution in [3.05, 3.63) is 60.2 Å². The van der Waals surface area contributed by atoms with E-state index in [1.807, 2.05) is 0 Å². The molecule has 0 aliphatic heterocycles. The second-order valence-electron chi connectivity index (χ2n) is 4.56. The van der Waals surface area contributed by atoms with Crippen LogP contribution in [0.15, 0.2) is 53.4 Å². The van der Waals surface area contributed by atoms with Gasteiger partial charge in [0.1, 0.15) is 12.4 Å². The van der Waals surface area contributed by atoms with E-state index < -0.39 is 21.7 Å². The number of hydrogen-bond acceptors (Lipinski definition) is 3. The fourth-order valence-electron chi connectivity index (χ4n) is 1.75. The number of ether oxygens (including phenoxy) is 1. The van der Waals surface area contributed by atoms with E-state index in [1.165, 1.54) is 37.4 Å². The number of rotatable bonds is 6. The number of benzene rings is 2. The van der Waals surface area contributed by atoms with Crippen molar-refractivity contribution < 1.29 is 21.9 Å². The molecule has 2 aromatic rings. The van der Waals surface area contributed by atoms with Crippen molar-refractivity contribution in [1.82, 2.24) is 4.31 Å². The molecule has 0 unspecified atom stereocenters. The highest BCUT2D eigenvalue weighted by Crippen LogP contribution is 2.17. The quantitative estimate of drug-likeness (QED) is 0.819. The molecule has 0 radical (unpaired) electrons. The molecule has 4 nitrogen and oxygen atoms in total. The number of nitrogens with zero attached hydrogens (tertiary/aromatic N) is 1. The molecule has 2 rings (SSSR count). The van der Waals surface area contributed by atoms with Crippen LogP contribution in [0.25, 0.3) is 0 Å². The van der Waals surface area contributed by atoms with E-state index in [9.17, 15) is 17.2 Å². The van der Waals surface area contributed by atoms with Crippen molar-refractivity contribution in [2.45, 2.75) is 4.90 Å². The third kappa shape index (κ3) is 3.80. The Morgan fingerprint density at radius 2 is 1.68 bits per heavy atom. The van der Waals surface area contributed by atoms with E-state index in [4.69, 9.17) is 4.74 Å². The molecule has 0 bridgehead atoms. The SMILES string of the molecule is CN(CCOc1ccccc1F)S(=O)(=O)c1ccc(F)cc1. The van der Waals surface area contributed by atoms with Crippen LogP contribution in [-0.4, -0.2) is 32.9 Å². The Morgan fingerprint density at radius 1 is 1.05 bits per heavy atom. The number of halogens is 2. The Labute approximate surface area is 128 Å². The first-order chi connectivity index (χ1) is 10.4. The van der Waals surface area contributed by atoms with Crippen LogP contribution < -0.4 is 4.74 Å². The zero-order chi connectivity index (χ0) is 16.2. The Morgan fingerprint density at radius 3 is 2.32 bits per heavy atom. The molecule has 0 heterocycles. The predicted molar refractivity (Wildman–Crippen MR) is 78.1 cm³/mol. The van der Waals surface area contributed by atoms with Gasteiger partial charge in [0, 0.05) is 13.6 Å². The average molecular weight is 327 g/mol. The first kappa shape index (κ1) is 16.4. The standard InChI is InChI=1S/C15H15F2NO3S/c1-18(10-11-21-15-5-3-2-4-14(15)17)22(19,20)13-8-6-12(16)7-9-13/h2-9H,10-11H2,1H3. The number of para-hydroxylation sites is 1. The van der Waals surface area contributed by atoms with Crippen LogP contribution in [-0.2, 0) is 10.0 Å². The lowest BCUT2D eigenvalue weighted by Crippen LogP contribution is -2.31. The summed E-state index contributed by atoms with van der Waals surface area (Å²) >= 11 is 0. The van der Waals surface area contributed by atoms with Gasteiger partial charge in [0.15, 0.2) is 11.6 Å². The maximum Gasteiger partial charge on any atom is 0.242 e. The van der Waals surface area contributed by atoms with E-state index in [2.05, 4.69) is 0 Å². The fourth-order valence-corrected chi connectivity index (χ4v) is 2.91. The molecule has 0 N–H and O–H groups in total. The van der Waals surface area contributed by atoms with Gasteiger partial charge in [-0.3, -0.25) is 0 Å². The molecular formula is C15H15F2NO3S. The van der Waals surface area contributed by atoms with E-state index in [0.29, 0.717) is 0 Å². The molecule has 22 heavy (non-hydrogen) atoms. The van der Waals surface area contributed by atoms with Gasteiger partial charge < -0.3 is 4.74 Å². The molecule has 0 fully saturated rings. The number of sulfonamides is 1. The maximum absolute atomic E-state index is 13.4. The number of hydrogen-bond donors (Lipinski definition) is 0. The van der Waals surface area contributed by atoms with Crippen molar-refractivity contribution in [1.29, 1.82) is 0 Å². The Bertz CT molecular complexity index is 733. The van der Waals surface area contributed by atoms with Crippen molar-refractivity contribution in [3.8, 4) is 5.75 Å². The lowest BCUT2D eigenvalue weighted by molar-refractivity contribution is 0.275. The smallest absolute Gasteiger partial charge is 0.242 e. The minimum Gasteiger partial charge on any atom is -0.489 e. The highest BCUT2D eigenvalue weighted by Gasteiger charge is 2.20. The molecule has 0 atom stereocenters. The monoisotopic (exact) mass is 327 g/mol. The van der Waals surface area contributed by atoms with Gasteiger partial charge in [0.25, 0.3) is 0 Å². The third-order valence-electron chi connectivity index (χ3n) is 3.02. The summed E-state index contributed by atoms with van der Waals surface area (Å²) in [5.41, 5.74) is 0. The summed E-state index contributed by atoms with van der Waals surface area (Å²) in [6.07, 6.45) is 0. The van der Waals surface area contributed by atoms with Crippen LogP contribution in [0.2, 0.25) is 0 Å². The average Bonchev–Trinajstić information content (AvgIpc) is 2.49. The molecule has 2 aromatic carbocycles. The van der Waals surface area contributed by atoms with Gasteiger partial charge in [0.2, 0.25) is 10.0 Å².